The van der Waals surface area contributed by atoms with E-state index in [0.29, 0.717) is 19.0 Å². The fourth-order valence-corrected chi connectivity index (χ4v) is 5.67. The number of methoxy groups -OCH3 is 1. The first-order valence-corrected chi connectivity index (χ1v) is 12.6. The highest BCUT2D eigenvalue weighted by Gasteiger charge is 2.27. The van der Waals surface area contributed by atoms with Crippen LogP contribution in [0.15, 0.2) is 58.3 Å². The largest absolute Gasteiger partial charge is 0.497 e. The number of hydrogen-bond donors (Lipinski definition) is 1. The van der Waals surface area contributed by atoms with Crippen LogP contribution in [0, 0.1) is 0 Å². The second kappa shape index (κ2) is 9.96. The summed E-state index contributed by atoms with van der Waals surface area (Å²) in [4.78, 5) is 12.5. The molecule has 1 amide bonds. The molecule has 12 heteroatoms. The summed E-state index contributed by atoms with van der Waals surface area (Å²) in [7, 11) is -4.85. The number of carbonyl (C=O) groups excluding carboxylic acids is 1. The van der Waals surface area contributed by atoms with Gasteiger partial charge >= 0.3 is 0 Å². The number of sulfonamides is 2. The van der Waals surface area contributed by atoms with Crippen LogP contribution in [0.25, 0.3) is 0 Å². The number of nitrogens with zero attached hydrogens (tertiary/aromatic N) is 2. The van der Waals surface area contributed by atoms with Gasteiger partial charge in [-0.05, 0) is 42.5 Å². The molecule has 1 fully saturated rings. The fraction of sp³-hybridized carbons (Fsp3) is 0.350. The number of nitrogens with one attached hydrogen (secondary N) is 1. The van der Waals surface area contributed by atoms with Gasteiger partial charge in [0.15, 0.2) is 0 Å². The van der Waals surface area contributed by atoms with Gasteiger partial charge < -0.3 is 14.8 Å². The third kappa shape index (κ3) is 5.45. The number of carbonyl (C=O) groups is 1. The normalized spacial score (nSPS) is 15.5. The summed E-state index contributed by atoms with van der Waals surface area (Å²) in [5.41, 5.74) is 0.250. The zero-order chi connectivity index (χ0) is 23.4. The van der Waals surface area contributed by atoms with Crippen LogP contribution in [-0.2, 0) is 29.6 Å². The van der Waals surface area contributed by atoms with Gasteiger partial charge in [0.25, 0.3) is 0 Å². The molecule has 1 aliphatic heterocycles. The van der Waals surface area contributed by atoms with Gasteiger partial charge in [0.1, 0.15) is 5.75 Å². The molecule has 1 saturated heterocycles. The molecule has 0 bridgehead atoms. The molecule has 0 aromatic heterocycles. The zero-order valence-corrected chi connectivity index (χ0v) is 19.4. The van der Waals surface area contributed by atoms with Crippen molar-refractivity contribution in [2.45, 2.75) is 9.79 Å². The molecule has 3 rings (SSSR count). The Balaban J connectivity index is 1.68. The number of likely N-dealkylation sites (N-methyl/N-ethyl adjacent to an activating group) is 1. The number of morpholine rings is 1. The summed E-state index contributed by atoms with van der Waals surface area (Å²) in [6.07, 6.45) is 0. The van der Waals surface area contributed by atoms with Crippen molar-refractivity contribution < 1.29 is 31.1 Å². The molecule has 0 aliphatic carbocycles. The minimum absolute atomic E-state index is 0.0206. The summed E-state index contributed by atoms with van der Waals surface area (Å²) < 4.78 is 63.4. The average Bonchev–Trinajstić information content (AvgIpc) is 2.79. The Morgan fingerprint density at radius 3 is 2.34 bits per heavy atom. The third-order valence-electron chi connectivity index (χ3n) is 4.86. The van der Waals surface area contributed by atoms with Crippen molar-refractivity contribution in [3.63, 3.8) is 0 Å². The number of anilines is 1. The van der Waals surface area contributed by atoms with Gasteiger partial charge in [-0.2, -0.15) is 8.61 Å². The molecule has 0 radical (unpaired) electrons. The van der Waals surface area contributed by atoms with Crippen LogP contribution < -0.4 is 10.1 Å². The first-order chi connectivity index (χ1) is 15.1. The van der Waals surface area contributed by atoms with E-state index in [2.05, 4.69) is 5.32 Å². The lowest BCUT2D eigenvalue weighted by Crippen LogP contribution is -2.40. The Kier molecular flexibility index (Phi) is 7.51. The monoisotopic (exact) mass is 483 g/mol. The molecule has 0 saturated carbocycles. The van der Waals surface area contributed by atoms with Crippen molar-refractivity contribution in [2.24, 2.45) is 0 Å². The van der Waals surface area contributed by atoms with Crippen molar-refractivity contribution in [3.05, 3.63) is 48.5 Å². The van der Waals surface area contributed by atoms with Crippen LogP contribution in [0.5, 0.6) is 5.75 Å². The topological polar surface area (TPSA) is 122 Å². The SMILES string of the molecule is COc1ccc(S(=O)(=O)N(C)CC(=O)Nc2cccc(S(=O)(=O)N3CCOCC3)c2)cc1. The van der Waals surface area contributed by atoms with Gasteiger partial charge in [-0.15, -0.1) is 0 Å². The molecule has 1 heterocycles. The van der Waals surface area contributed by atoms with E-state index in [1.807, 2.05) is 0 Å². The minimum Gasteiger partial charge on any atom is -0.497 e. The summed E-state index contributed by atoms with van der Waals surface area (Å²) in [6.45, 7) is 0.712. The van der Waals surface area contributed by atoms with Gasteiger partial charge in [0.05, 0.1) is 36.7 Å². The summed E-state index contributed by atoms with van der Waals surface area (Å²) in [6, 6.07) is 11.7. The molecule has 32 heavy (non-hydrogen) atoms. The van der Waals surface area contributed by atoms with Crippen molar-refractivity contribution in [1.29, 1.82) is 0 Å². The van der Waals surface area contributed by atoms with Crippen LogP contribution in [0.3, 0.4) is 0 Å². The Morgan fingerprint density at radius 1 is 1.06 bits per heavy atom. The number of benzene rings is 2. The van der Waals surface area contributed by atoms with Gasteiger partial charge in [-0.25, -0.2) is 16.8 Å². The maximum Gasteiger partial charge on any atom is 0.243 e. The highest BCUT2D eigenvalue weighted by atomic mass is 32.2. The molecular weight excluding hydrogens is 458 g/mol. The number of hydrogen-bond acceptors (Lipinski definition) is 7. The van der Waals surface area contributed by atoms with Gasteiger partial charge in [0.2, 0.25) is 26.0 Å². The van der Waals surface area contributed by atoms with Crippen LogP contribution in [0.4, 0.5) is 5.69 Å². The van der Waals surface area contributed by atoms with E-state index >= 15 is 0 Å². The Labute approximate surface area is 187 Å². The Hall–Kier alpha value is -2.51. The summed E-state index contributed by atoms with van der Waals surface area (Å²) in [5.74, 6) is -0.0956. The van der Waals surface area contributed by atoms with E-state index in [-0.39, 0.29) is 28.6 Å². The van der Waals surface area contributed by atoms with E-state index in [0.717, 1.165) is 4.31 Å². The van der Waals surface area contributed by atoms with Crippen LogP contribution in [-0.4, -0.2) is 78.4 Å². The molecule has 1 N–H and O–H groups in total. The molecule has 0 atom stereocenters. The summed E-state index contributed by atoms with van der Waals surface area (Å²) >= 11 is 0. The first kappa shape index (κ1) is 24.1. The molecule has 1 aliphatic rings. The molecular formula is C20H25N3O7S2. The zero-order valence-electron chi connectivity index (χ0n) is 17.7. The molecule has 2 aromatic rings. The van der Waals surface area contributed by atoms with Gasteiger partial charge in [0, 0.05) is 25.8 Å². The van der Waals surface area contributed by atoms with Crippen LogP contribution in [0.2, 0.25) is 0 Å². The second-order valence-electron chi connectivity index (χ2n) is 7.03. The maximum atomic E-state index is 12.8. The average molecular weight is 484 g/mol. The number of rotatable bonds is 8. The first-order valence-electron chi connectivity index (χ1n) is 9.73. The Morgan fingerprint density at radius 2 is 1.72 bits per heavy atom. The van der Waals surface area contributed by atoms with Crippen molar-refractivity contribution in [1.82, 2.24) is 8.61 Å². The molecule has 0 unspecified atom stereocenters. The van der Waals surface area contributed by atoms with Crippen LogP contribution in [0.1, 0.15) is 0 Å². The molecule has 174 valence electrons. The third-order valence-corrected chi connectivity index (χ3v) is 8.57. The predicted molar refractivity (Wildman–Crippen MR) is 117 cm³/mol. The minimum atomic E-state index is -3.89. The van der Waals surface area contributed by atoms with E-state index < -0.39 is 32.5 Å². The summed E-state index contributed by atoms with van der Waals surface area (Å²) in [5, 5.41) is 2.56. The van der Waals surface area contributed by atoms with Crippen molar-refractivity contribution in [2.75, 3.05) is 52.3 Å². The number of amides is 1. The van der Waals surface area contributed by atoms with E-state index in [9.17, 15) is 21.6 Å². The molecule has 0 spiro atoms. The van der Waals surface area contributed by atoms with E-state index in [4.69, 9.17) is 9.47 Å². The maximum absolute atomic E-state index is 12.8. The Bertz CT molecular complexity index is 1160. The standard InChI is InChI=1S/C20H25N3O7S2/c1-22(31(25,26)18-8-6-17(29-2)7-9-18)15-20(24)21-16-4-3-5-19(14-16)32(27,28)23-10-12-30-13-11-23/h3-9,14H,10-13,15H2,1-2H3,(H,21,24). The quantitative estimate of drug-likeness (QED) is 0.594. The lowest BCUT2D eigenvalue weighted by Gasteiger charge is -2.26. The fourth-order valence-electron chi connectivity index (χ4n) is 3.09. The van der Waals surface area contributed by atoms with Crippen molar-refractivity contribution >= 4 is 31.6 Å². The van der Waals surface area contributed by atoms with E-state index in [1.165, 1.54) is 67.0 Å². The van der Waals surface area contributed by atoms with E-state index in [1.54, 1.807) is 0 Å². The molecule has 2 aromatic carbocycles. The lowest BCUT2D eigenvalue weighted by molar-refractivity contribution is -0.116. The number of ether oxygens (including phenoxy) is 2. The van der Waals surface area contributed by atoms with Gasteiger partial charge in [-0.1, -0.05) is 6.07 Å². The predicted octanol–water partition coefficient (Wildman–Crippen LogP) is 0.975. The highest BCUT2D eigenvalue weighted by Crippen LogP contribution is 2.21. The smallest absolute Gasteiger partial charge is 0.243 e. The lowest BCUT2D eigenvalue weighted by atomic mass is 10.3. The second-order valence-corrected chi connectivity index (χ2v) is 11.0. The van der Waals surface area contributed by atoms with Crippen molar-refractivity contribution in [3.8, 4) is 5.75 Å². The van der Waals surface area contributed by atoms with Gasteiger partial charge in [-0.3, -0.25) is 4.79 Å². The van der Waals surface area contributed by atoms with Crippen LogP contribution >= 0.6 is 0 Å². The molecule has 10 nitrogen and oxygen atoms in total. The highest BCUT2D eigenvalue weighted by molar-refractivity contribution is 7.89.